The summed E-state index contributed by atoms with van der Waals surface area (Å²) in [6.07, 6.45) is 5.60. The SMILES string of the molecule is N/C=N/C1(N)C=CC([N+](=O)[O-])=CC1. The molecule has 1 aliphatic rings. The standard InChI is InChI=1S/C7H10N4O2/c8-5-10-7(9)3-1-6(2-4-7)11(12)13/h1-3,5H,4,9H2,(H2,8,10). The highest BCUT2D eigenvalue weighted by Gasteiger charge is 2.24. The molecule has 0 aromatic heterocycles. The van der Waals surface area contributed by atoms with Gasteiger partial charge in [0.25, 0.3) is 5.70 Å². The molecule has 1 unspecified atom stereocenters. The van der Waals surface area contributed by atoms with Crippen LogP contribution in [0.2, 0.25) is 0 Å². The zero-order valence-electron chi connectivity index (χ0n) is 6.88. The van der Waals surface area contributed by atoms with Gasteiger partial charge in [0.05, 0.1) is 11.3 Å². The molecule has 0 saturated carbocycles. The van der Waals surface area contributed by atoms with Crippen molar-refractivity contribution < 1.29 is 4.92 Å². The van der Waals surface area contributed by atoms with Gasteiger partial charge in [-0.05, 0) is 12.2 Å². The van der Waals surface area contributed by atoms with Crippen molar-refractivity contribution in [1.29, 1.82) is 0 Å². The van der Waals surface area contributed by atoms with Crippen molar-refractivity contribution in [1.82, 2.24) is 0 Å². The Bertz CT molecular complexity index is 308. The van der Waals surface area contributed by atoms with Crippen LogP contribution in [0.25, 0.3) is 0 Å². The van der Waals surface area contributed by atoms with Crippen LogP contribution in [0.5, 0.6) is 0 Å². The van der Waals surface area contributed by atoms with E-state index in [1.165, 1.54) is 18.2 Å². The Balaban J connectivity index is 2.78. The minimum absolute atomic E-state index is 0.0355. The molecule has 13 heavy (non-hydrogen) atoms. The smallest absolute Gasteiger partial charge is 0.265 e. The van der Waals surface area contributed by atoms with E-state index in [0.717, 1.165) is 6.34 Å². The second-order valence-corrected chi connectivity index (χ2v) is 2.69. The first-order valence-corrected chi connectivity index (χ1v) is 3.65. The van der Waals surface area contributed by atoms with Crippen molar-refractivity contribution >= 4 is 6.34 Å². The van der Waals surface area contributed by atoms with Crippen molar-refractivity contribution in [3.63, 3.8) is 0 Å². The van der Waals surface area contributed by atoms with Crippen LogP contribution < -0.4 is 11.5 Å². The maximum absolute atomic E-state index is 10.3. The summed E-state index contributed by atoms with van der Waals surface area (Å²) in [7, 11) is 0. The fourth-order valence-electron chi connectivity index (χ4n) is 1.00. The summed E-state index contributed by atoms with van der Waals surface area (Å²) in [5.41, 5.74) is 9.89. The van der Waals surface area contributed by atoms with E-state index in [1.54, 1.807) is 0 Å². The average Bonchev–Trinajstić information content (AvgIpc) is 2.05. The second kappa shape index (κ2) is 3.36. The lowest BCUT2D eigenvalue weighted by Gasteiger charge is -2.20. The Morgan fingerprint density at radius 1 is 1.77 bits per heavy atom. The molecule has 0 radical (unpaired) electrons. The summed E-state index contributed by atoms with van der Waals surface area (Å²) in [6, 6.07) is 0. The molecular weight excluding hydrogens is 172 g/mol. The minimum Gasteiger partial charge on any atom is -0.390 e. The third-order valence-electron chi connectivity index (χ3n) is 1.71. The summed E-state index contributed by atoms with van der Waals surface area (Å²) in [6.45, 7) is 0. The fraction of sp³-hybridized carbons (Fsp3) is 0.286. The largest absolute Gasteiger partial charge is 0.390 e. The highest BCUT2D eigenvalue weighted by Crippen LogP contribution is 2.19. The Kier molecular flexibility index (Phi) is 2.43. The molecule has 0 amide bonds. The van der Waals surface area contributed by atoms with Crippen LogP contribution in [0.3, 0.4) is 0 Å². The van der Waals surface area contributed by atoms with Crippen LogP contribution in [-0.4, -0.2) is 16.9 Å². The quantitative estimate of drug-likeness (QED) is 0.265. The van der Waals surface area contributed by atoms with Gasteiger partial charge in [-0.3, -0.25) is 10.1 Å². The highest BCUT2D eigenvalue weighted by atomic mass is 16.6. The number of rotatable bonds is 2. The highest BCUT2D eigenvalue weighted by molar-refractivity contribution is 5.53. The molecule has 1 aliphatic carbocycles. The summed E-state index contributed by atoms with van der Waals surface area (Å²) >= 11 is 0. The normalized spacial score (nSPS) is 27.6. The average molecular weight is 182 g/mol. The van der Waals surface area contributed by atoms with Gasteiger partial charge in [0, 0.05) is 12.5 Å². The van der Waals surface area contributed by atoms with Crippen molar-refractivity contribution in [2.75, 3.05) is 0 Å². The number of allylic oxidation sites excluding steroid dienone is 1. The molecule has 70 valence electrons. The number of aliphatic imine (C=N–C) groups is 1. The van der Waals surface area contributed by atoms with Crippen LogP contribution in [0.4, 0.5) is 0 Å². The molecule has 0 aromatic rings. The van der Waals surface area contributed by atoms with Gasteiger partial charge in [-0.25, -0.2) is 4.99 Å². The zero-order valence-corrected chi connectivity index (χ0v) is 6.88. The summed E-state index contributed by atoms with van der Waals surface area (Å²) in [4.78, 5) is 13.6. The van der Waals surface area contributed by atoms with Crippen LogP contribution >= 0.6 is 0 Å². The topological polar surface area (TPSA) is 108 Å². The fourth-order valence-corrected chi connectivity index (χ4v) is 1.00. The number of nitrogens with zero attached hydrogens (tertiary/aromatic N) is 2. The predicted octanol–water partition coefficient (Wildman–Crippen LogP) is -0.251. The monoisotopic (exact) mass is 182 g/mol. The van der Waals surface area contributed by atoms with Crippen molar-refractivity contribution in [2.24, 2.45) is 16.5 Å². The Labute approximate surface area is 74.8 Å². The Hall–Kier alpha value is -1.69. The lowest BCUT2D eigenvalue weighted by atomic mass is 10.0. The van der Waals surface area contributed by atoms with Crippen molar-refractivity contribution in [2.45, 2.75) is 12.1 Å². The zero-order chi connectivity index (χ0) is 9.90. The molecule has 1 rings (SSSR count). The molecule has 0 saturated heterocycles. The van der Waals surface area contributed by atoms with Crippen molar-refractivity contribution in [3.05, 3.63) is 34.0 Å². The first-order chi connectivity index (χ1) is 6.07. The number of hydrogen-bond donors (Lipinski definition) is 2. The maximum Gasteiger partial charge on any atom is 0.265 e. The molecule has 0 heterocycles. The van der Waals surface area contributed by atoms with Gasteiger partial charge in [-0.2, -0.15) is 0 Å². The van der Waals surface area contributed by atoms with Crippen LogP contribution in [0, 0.1) is 10.1 Å². The second-order valence-electron chi connectivity index (χ2n) is 2.69. The van der Waals surface area contributed by atoms with Gasteiger partial charge < -0.3 is 11.5 Å². The number of nitrogens with two attached hydrogens (primary N) is 2. The first kappa shape index (κ1) is 9.40. The van der Waals surface area contributed by atoms with Crippen molar-refractivity contribution in [3.8, 4) is 0 Å². The molecule has 1 atom stereocenters. The molecule has 0 spiro atoms. The van der Waals surface area contributed by atoms with Gasteiger partial charge in [0.1, 0.15) is 5.66 Å². The minimum atomic E-state index is -0.922. The number of hydrogen-bond acceptors (Lipinski definition) is 4. The van der Waals surface area contributed by atoms with E-state index < -0.39 is 10.6 Å². The van der Waals surface area contributed by atoms with E-state index in [0.29, 0.717) is 0 Å². The Morgan fingerprint density at radius 2 is 2.46 bits per heavy atom. The van der Waals surface area contributed by atoms with Crippen LogP contribution in [0.15, 0.2) is 28.9 Å². The van der Waals surface area contributed by atoms with E-state index >= 15 is 0 Å². The number of nitro groups is 1. The predicted molar refractivity (Wildman–Crippen MR) is 48.4 cm³/mol. The molecule has 6 nitrogen and oxygen atoms in total. The summed E-state index contributed by atoms with van der Waals surface area (Å²) < 4.78 is 0. The van der Waals surface area contributed by atoms with Crippen LogP contribution in [0.1, 0.15) is 6.42 Å². The molecule has 0 bridgehead atoms. The summed E-state index contributed by atoms with van der Waals surface area (Å²) in [5, 5.41) is 10.3. The molecule has 4 N–H and O–H groups in total. The van der Waals surface area contributed by atoms with Gasteiger partial charge in [0.15, 0.2) is 0 Å². The van der Waals surface area contributed by atoms with E-state index in [2.05, 4.69) is 4.99 Å². The maximum atomic E-state index is 10.3. The van der Waals surface area contributed by atoms with E-state index in [4.69, 9.17) is 11.5 Å². The van der Waals surface area contributed by atoms with Gasteiger partial charge >= 0.3 is 0 Å². The third kappa shape index (κ3) is 2.12. The van der Waals surface area contributed by atoms with Gasteiger partial charge in [-0.1, -0.05) is 0 Å². The molecule has 0 fully saturated rings. The van der Waals surface area contributed by atoms with Gasteiger partial charge in [0.2, 0.25) is 0 Å². The summed E-state index contributed by atoms with van der Waals surface area (Å²) in [5.74, 6) is 0. The lowest BCUT2D eigenvalue weighted by Crippen LogP contribution is -2.36. The lowest BCUT2D eigenvalue weighted by molar-refractivity contribution is -0.419. The first-order valence-electron chi connectivity index (χ1n) is 3.65. The van der Waals surface area contributed by atoms with Gasteiger partial charge in [-0.15, -0.1) is 0 Å². The molecule has 6 heteroatoms. The molecular formula is C7H10N4O2. The van der Waals surface area contributed by atoms with E-state index in [9.17, 15) is 10.1 Å². The Morgan fingerprint density at radius 3 is 2.85 bits per heavy atom. The third-order valence-corrected chi connectivity index (χ3v) is 1.71. The van der Waals surface area contributed by atoms with Crippen LogP contribution in [-0.2, 0) is 0 Å². The molecule has 0 aliphatic heterocycles. The molecule has 0 aromatic carbocycles. The van der Waals surface area contributed by atoms with E-state index in [1.807, 2.05) is 0 Å². The van der Waals surface area contributed by atoms with E-state index in [-0.39, 0.29) is 12.1 Å².